The Morgan fingerprint density at radius 1 is 1.34 bits per heavy atom. The summed E-state index contributed by atoms with van der Waals surface area (Å²) in [5, 5.41) is 8.93. The predicted molar refractivity (Wildman–Crippen MR) is 106 cm³/mol. The van der Waals surface area contributed by atoms with Gasteiger partial charge in [-0.1, -0.05) is 13.0 Å². The van der Waals surface area contributed by atoms with E-state index in [2.05, 4.69) is 11.6 Å². The van der Waals surface area contributed by atoms with Crippen molar-refractivity contribution in [3.63, 3.8) is 0 Å². The van der Waals surface area contributed by atoms with E-state index in [0.717, 1.165) is 36.8 Å². The van der Waals surface area contributed by atoms with Crippen LogP contribution in [0, 0.1) is 5.92 Å². The van der Waals surface area contributed by atoms with Crippen molar-refractivity contribution in [3.05, 3.63) is 35.4 Å². The molecule has 1 saturated heterocycles. The van der Waals surface area contributed by atoms with Crippen molar-refractivity contribution in [2.75, 3.05) is 12.1 Å². The Morgan fingerprint density at radius 2 is 2.09 bits per heavy atom. The fourth-order valence-corrected chi connectivity index (χ4v) is 3.54. The van der Waals surface area contributed by atoms with Gasteiger partial charge in [0.05, 0.1) is 0 Å². The van der Waals surface area contributed by atoms with Crippen LogP contribution in [0.5, 0.6) is 0 Å². The molecule has 12 nitrogen and oxygen atoms in total. The first-order valence-corrected chi connectivity index (χ1v) is 10.1. The zero-order chi connectivity index (χ0) is 23.3. The molecule has 0 spiro atoms. The summed E-state index contributed by atoms with van der Waals surface area (Å²) >= 11 is 0. The Morgan fingerprint density at radius 3 is 2.66 bits per heavy atom. The van der Waals surface area contributed by atoms with Crippen molar-refractivity contribution in [2.45, 2.75) is 57.1 Å². The van der Waals surface area contributed by atoms with E-state index >= 15 is 0 Å². The van der Waals surface area contributed by atoms with Gasteiger partial charge in [0.2, 0.25) is 0 Å². The fourth-order valence-electron chi connectivity index (χ4n) is 3.54. The quantitative estimate of drug-likeness (QED) is 0.236. The van der Waals surface area contributed by atoms with Gasteiger partial charge in [0.15, 0.2) is 24.3 Å². The van der Waals surface area contributed by atoms with Crippen LogP contribution in [0.3, 0.4) is 0 Å². The lowest BCUT2D eigenvalue weighted by Crippen LogP contribution is -2.42. The number of esters is 3. The van der Waals surface area contributed by atoms with Crippen molar-refractivity contribution in [2.24, 2.45) is 5.92 Å². The maximum atomic E-state index is 12.4. The molecule has 32 heavy (non-hydrogen) atoms. The molecule has 12 heteroatoms. The molecular formula is C20H25N3O9. The maximum absolute atomic E-state index is 12.4. The Labute approximate surface area is 183 Å². The lowest BCUT2D eigenvalue weighted by molar-refractivity contribution is -0.165. The fraction of sp³-hybridized carbons (Fsp3) is 0.550. The molecule has 1 aromatic rings. The van der Waals surface area contributed by atoms with Gasteiger partial charge in [-0.05, 0) is 24.8 Å². The lowest BCUT2D eigenvalue weighted by atomic mass is 9.83. The van der Waals surface area contributed by atoms with E-state index in [1.165, 1.54) is 12.3 Å². The summed E-state index contributed by atoms with van der Waals surface area (Å²) in [5.41, 5.74) is 0.914. The summed E-state index contributed by atoms with van der Waals surface area (Å²) in [6.45, 7) is 4.22. The third-order valence-electron chi connectivity index (χ3n) is 5.31. The van der Waals surface area contributed by atoms with E-state index in [1.807, 2.05) is 0 Å². The summed E-state index contributed by atoms with van der Waals surface area (Å²) in [6, 6.07) is 1.28. The van der Waals surface area contributed by atoms with Crippen LogP contribution in [-0.4, -0.2) is 57.6 Å². The zero-order valence-electron chi connectivity index (χ0n) is 17.5. The van der Waals surface area contributed by atoms with Crippen LogP contribution in [0.1, 0.15) is 38.8 Å². The molecule has 1 aliphatic heterocycles. The normalized spacial score (nSPS) is 24.8. The van der Waals surface area contributed by atoms with Crippen LogP contribution in [0.25, 0.3) is 0 Å². The molecule has 2 heterocycles. The van der Waals surface area contributed by atoms with Gasteiger partial charge in [-0.25, -0.2) is 9.59 Å². The minimum absolute atomic E-state index is 0.109. The predicted octanol–water partition coefficient (Wildman–Crippen LogP) is 0.705. The van der Waals surface area contributed by atoms with Gasteiger partial charge in [-0.15, -0.1) is 0 Å². The van der Waals surface area contributed by atoms with E-state index in [0.29, 0.717) is 5.92 Å². The largest absolute Gasteiger partial charge is 0.463 e. The molecule has 0 unspecified atom stereocenters. The zero-order valence-corrected chi connectivity index (χ0v) is 17.5. The molecule has 0 aromatic carbocycles. The van der Waals surface area contributed by atoms with Crippen molar-refractivity contribution in [1.29, 1.82) is 0 Å². The highest BCUT2D eigenvalue weighted by molar-refractivity contribution is 5.81. The monoisotopic (exact) mass is 451 g/mol. The van der Waals surface area contributed by atoms with Gasteiger partial charge in [0, 0.05) is 25.6 Å². The smallest absolute Gasteiger partial charge is 0.351 e. The van der Waals surface area contributed by atoms with Crippen LogP contribution in [0.4, 0.5) is 5.82 Å². The first-order chi connectivity index (χ1) is 15.3. The number of hydrogen-bond donors (Lipinski definition) is 2. The molecule has 0 radical (unpaired) electrons. The number of aromatic nitrogens is 2. The number of ether oxygens (including phenoxy) is 4. The molecule has 0 bridgehead atoms. The van der Waals surface area contributed by atoms with E-state index in [4.69, 9.17) is 24.2 Å². The van der Waals surface area contributed by atoms with Crippen LogP contribution < -0.4 is 11.2 Å². The minimum atomic E-state index is -1.26. The van der Waals surface area contributed by atoms with Crippen LogP contribution in [0.2, 0.25) is 0 Å². The number of nitrogens with one attached hydrogen (secondary N) is 1. The van der Waals surface area contributed by atoms with Gasteiger partial charge in [0.1, 0.15) is 12.7 Å². The number of nitrogens with zero attached hydrogens (tertiary/aromatic N) is 2. The summed E-state index contributed by atoms with van der Waals surface area (Å²) in [7, 11) is 0. The third kappa shape index (κ3) is 5.51. The number of anilines is 1. The summed E-state index contributed by atoms with van der Waals surface area (Å²) < 4.78 is 22.8. The number of carbonyl (C=O) groups is 3. The second-order valence-corrected chi connectivity index (χ2v) is 7.54. The summed E-state index contributed by atoms with van der Waals surface area (Å²) in [5.74, 6) is -1.75. The maximum Gasteiger partial charge on any atom is 0.351 e. The summed E-state index contributed by atoms with van der Waals surface area (Å²) in [6.07, 6.45) is 0.795. The Hall–Kier alpha value is -3.25. The molecule has 174 valence electrons. The molecule has 2 fully saturated rings. The summed E-state index contributed by atoms with van der Waals surface area (Å²) in [4.78, 5) is 51.8. The average molecular weight is 451 g/mol. The SMILES string of the molecule is C=CC(=O)O[C@@H]1[C@H](OC(C)=O)[C@@H](COC(=O)CC2CCC2)O[C@H]1n1ccc(NO)nc1=O. The van der Waals surface area contributed by atoms with Gasteiger partial charge in [-0.2, -0.15) is 4.98 Å². The Bertz CT molecular complexity index is 927. The van der Waals surface area contributed by atoms with E-state index in [-0.39, 0.29) is 18.8 Å². The lowest BCUT2D eigenvalue weighted by Gasteiger charge is -2.25. The molecule has 1 aromatic heterocycles. The van der Waals surface area contributed by atoms with E-state index in [9.17, 15) is 19.2 Å². The second kappa shape index (κ2) is 10.4. The minimum Gasteiger partial charge on any atom is -0.463 e. The highest BCUT2D eigenvalue weighted by Crippen LogP contribution is 2.34. The molecular weight excluding hydrogens is 426 g/mol. The van der Waals surface area contributed by atoms with Crippen LogP contribution in [0.15, 0.2) is 29.7 Å². The molecule has 1 saturated carbocycles. The van der Waals surface area contributed by atoms with Gasteiger partial charge < -0.3 is 18.9 Å². The molecule has 3 rings (SSSR count). The third-order valence-corrected chi connectivity index (χ3v) is 5.31. The van der Waals surface area contributed by atoms with Crippen LogP contribution >= 0.6 is 0 Å². The molecule has 4 atom stereocenters. The highest BCUT2D eigenvalue weighted by atomic mass is 16.7. The number of hydrogen-bond acceptors (Lipinski definition) is 11. The topological polar surface area (TPSA) is 155 Å². The van der Waals surface area contributed by atoms with Crippen molar-refractivity contribution >= 4 is 23.7 Å². The standard InChI is InChI=1S/C20H25N3O9/c1-3-15(25)32-18-17(30-11(2)24)13(10-29-16(26)9-12-5-4-6-12)31-19(18)23-8-7-14(22-28)21-20(23)27/h3,7-8,12-13,17-19,28H,1,4-6,9-10H2,2H3,(H,21,22,27)/t13-,17-,18-,19-/m1/s1. The van der Waals surface area contributed by atoms with Crippen molar-refractivity contribution < 1.29 is 38.5 Å². The molecule has 2 aliphatic rings. The molecule has 2 N–H and O–H groups in total. The highest BCUT2D eigenvalue weighted by Gasteiger charge is 2.51. The van der Waals surface area contributed by atoms with Crippen LogP contribution in [-0.2, 0) is 33.3 Å². The molecule has 0 amide bonds. The average Bonchev–Trinajstić information content (AvgIpc) is 3.05. The van der Waals surface area contributed by atoms with Gasteiger partial charge in [-0.3, -0.25) is 24.8 Å². The number of carbonyl (C=O) groups excluding carboxylic acids is 3. The van der Waals surface area contributed by atoms with Gasteiger partial charge >= 0.3 is 23.6 Å². The number of rotatable bonds is 9. The first kappa shape index (κ1) is 23.4. The van der Waals surface area contributed by atoms with E-state index in [1.54, 1.807) is 5.48 Å². The van der Waals surface area contributed by atoms with Crippen molar-refractivity contribution in [1.82, 2.24) is 9.55 Å². The van der Waals surface area contributed by atoms with Crippen molar-refractivity contribution in [3.8, 4) is 0 Å². The Kier molecular flexibility index (Phi) is 7.59. The molecule has 1 aliphatic carbocycles. The Balaban J connectivity index is 1.84. The van der Waals surface area contributed by atoms with Gasteiger partial charge in [0.25, 0.3) is 0 Å². The van der Waals surface area contributed by atoms with E-state index < -0.39 is 48.1 Å². The first-order valence-electron chi connectivity index (χ1n) is 10.1. The second-order valence-electron chi connectivity index (χ2n) is 7.54.